The predicted octanol–water partition coefficient (Wildman–Crippen LogP) is 4.73. The number of rotatable bonds is 6. The van der Waals surface area contributed by atoms with Gasteiger partial charge >= 0.3 is 0 Å². The van der Waals surface area contributed by atoms with Gasteiger partial charge < -0.3 is 13.8 Å². The highest BCUT2D eigenvalue weighted by molar-refractivity contribution is 6.30. The van der Waals surface area contributed by atoms with E-state index in [1.54, 1.807) is 13.2 Å². The molecule has 0 N–H and O–H groups in total. The van der Waals surface area contributed by atoms with Crippen molar-refractivity contribution < 1.29 is 14.1 Å². The molecule has 2 aromatic carbocycles. The van der Waals surface area contributed by atoms with E-state index in [4.69, 9.17) is 20.9 Å². The average Bonchev–Trinajstić information content (AvgIpc) is 3.44. The van der Waals surface area contributed by atoms with Crippen LogP contribution in [0.2, 0.25) is 5.02 Å². The zero-order chi connectivity index (χ0) is 22.9. The summed E-state index contributed by atoms with van der Waals surface area (Å²) >= 11 is 6.04. The molecule has 0 saturated heterocycles. The van der Waals surface area contributed by atoms with Crippen LogP contribution in [0.5, 0.6) is 5.75 Å². The van der Waals surface area contributed by atoms with Crippen LogP contribution in [0.4, 0.5) is 0 Å². The van der Waals surface area contributed by atoms with Crippen molar-refractivity contribution in [3.8, 4) is 17.1 Å². The number of aromatic nitrogens is 5. The normalized spacial score (nSPS) is 11.1. The van der Waals surface area contributed by atoms with E-state index < -0.39 is 0 Å². The summed E-state index contributed by atoms with van der Waals surface area (Å²) in [6.45, 7) is 2.47. The number of methoxy groups -OCH3 is 1. The van der Waals surface area contributed by atoms with E-state index in [2.05, 4.69) is 24.9 Å². The smallest absolute Gasteiger partial charge is 0.299 e. The van der Waals surface area contributed by atoms with E-state index in [1.807, 2.05) is 49.4 Å². The molecular formula is C24H18ClN5O3. The number of benzene rings is 2. The third kappa shape index (κ3) is 3.85. The van der Waals surface area contributed by atoms with E-state index >= 15 is 0 Å². The summed E-state index contributed by atoms with van der Waals surface area (Å²) in [5.74, 6) is 0.460. The lowest BCUT2D eigenvalue weighted by atomic mass is 10.1. The van der Waals surface area contributed by atoms with Gasteiger partial charge in [-0.25, -0.2) is 0 Å². The fourth-order valence-corrected chi connectivity index (χ4v) is 3.94. The molecule has 9 heteroatoms. The molecule has 0 saturated carbocycles. The Morgan fingerprint density at radius 3 is 2.67 bits per heavy atom. The Bertz CT molecular complexity index is 1460. The van der Waals surface area contributed by atoms with Gasteiger partial charge in [0.25, 0.3) is 11.7 Å². The number of carbonyl (C=O) groups excluding carboxylic acids is 1. The van der Waals surface area contributed by atoms with Gasteiger partial charge in [-0.2, -0.15) is 15.2 Å². The Labute approximate surface area is 193 Å². The number of hydrogen-bond donors (Lipinski definition) is 0. The maximum Gasteiger partial charge on any atom is 0.299 e. The third-order valence-electron chi connectivity index (χ3n) is 5.47. The third-order valence-corrected chi connectivity index (χ3v) is 5.73. The van der Waals surface area contributed by atoms with Crippen LogP contribution in [0, 0.1) is 6.92 Å². The number of ether oxygens (including phenoxy) is 1. The monoisotopic (exact) mass is 459 g/mol. The van der Waals surface area contributed by atoms with Gasteiger partial charge in [-0.05, 0) is 48.9 Å². The minimum absolute atomic E-state index is 0.0988. The molecule has 0 aliphatic rings. The molecule has 0 radical (unpaired) electrons. The molecule has 5 aromatic rings. The van der Waals surface area contributed by atoms with Crippen LogP contribution in [0.25, 0.3) is 22.3 Å². The average molecular weight is 460 g/mol. The van der Waals surface area contributed by atoms with Gasteiger partial charge in [0.05, 0.1) is 25.1 Å². The first kappa shape index (κ1) is 20.8. The first-order chi connectivity index (χ1) is 16.0. The largest absolute Gasteiger partial charge is 0.497 e. The zero-order valence-corrected chi connectivity index (χ0v) is 18.6. The van der Waals surface area contributed by atoms with E-state index in [0.717, 1.165) is 22.2 Å². The molecule has 0 unspecified atom stereocenters. The van der Waals surface area contributed by atoms with Crippen LogP contribution in [0.15, 0.2) is 65.4 Å². The second kappa shape index (κ2) is 8.48. The first-order valence-corrected chi connectivity index (χ1v) is 10.5. The summed E-state index contributed by atoms with van der Waals surface area (Å²) < 4.78 is 12.8. The molecule has 3 aromatic heterocycles. The molecule has 0 bridgehead atoms. The van der Waals surface area contributed by atoms with Crippen LogP contribution in [0.3, 0.4) is 0 Å². The molecule has 0 amide bonds. The molecule has 0 atom stereocenters. The number of nitrogens with zero attached hydrogens (tertiary/aromatic N) is 5. The van der Waals surface area contributed by atoms with E-state index in [9.17, 15) is 4.79 Å². The van der Waals surface area contributed by atoms with E-state index in [0.29, 0.717) is 28.4 Å². The summed E-state index contributed by atoms with van der Waals surface area (Å²) in [6.07, 6.45) is 3.03. The Morgan fingerprint density at radius 2 is 1.94 bits per heavy atom. The van der Waals surface area contributed by atoms with Gasteiger partial charge in [0, 0.05) is 33.7 Å². The Morgan fingerprint density at radius 1 is 1.12 bits per heavy atom. The number of carbonyl (C=O) groups is 1. The summed E-state index contributed by atoms with van der Waals surface area (Å²) in [4.78, 5) is 17.8. The lowest BCUT2D eigenvalue weighted by molar-refractivity contribution is 0.0994. The van der Waals surface area contributed by atoms with Crippen LogP contribution in [0.1, 0.15) is 27.5 Å². The summed E-state index contributed by atoms with van der Waals surface area (Å²) in [5, 5.41) is 12.9. The Hall–Kier alpha value is -4.04. The minimum atomic E-state index is -0.360. The van der Waals surface area contributed by atoms with E-state index in [1.165, 1.54) is 12.4 Å². The molecule has 0 spiro atoms. The summed E-state index contributed by atoms with van der Waals surface area (Å²) in [7, 11) is 1.59. The van der Waals surface area contributed by atoms with E-state index in [-0.39, 0.29) is 17.5 Å². The van der Waals surface area contributed by atoms with Crippen LogP contribution < -0.4 is 4.74 Å². The van der Waals surface area contributed by atoms with Gasteiger partial charge in [0.2, 0.25) is 5.82 Å². The van der Waals surface area contributed by atoms with Crippen LogP contribution in [-0.4, -0.2) is 37.8 Å². The van der Waals surface area contributed by atoms with Gasteiger partial charge in [0.1, 0.15) is 5.75 Å². The molecule has 8 nitrogen and oxygen atoms in total. The molecule has 164 valence electrons. The highest BCUT2D eigenvalue weighted by atomic mass is 35.5. The van der Waals surface area contributed by atoms with Gasteiger partial charge in [-0.15, -0.1) is 0 Å². The number of hydrogen-bond acceptors (Lipinski definition) is 7. The summed E-state index contributed by atoms with van der Waals surface area (Å²) in [5.41, 5.74) is 3.82. The molecule has 0 fully saturated rings. The van der Waals surface area contributed by atoms with Crippen molar-refractivity contribution in [2.24, 2.45) is 0 Å². The molecule has 0 aliphatic heterocycles. The molecule has 0 aliphatic carbocycles. The first-order valence-electron chi connectivity index (χ1n) is 10.1. The topological polar surface area (TPSA) is 95.9 Å². The Balaban J connectivity index is 1.61. The SMILES string of the molecule is COc1ccc2c(c1)c(C(=O)c1nc(-c3ccnnc3)no1)c(C)n2Cc1ccc(Cl)cc1. The standard InChI is InChI=1S/C24H18ClN5O3/c1-14-21(22(31)24-28-23(29-33-24)16-9-10-26-27-12-16)19-11-18(32-2)7-8-20(19)30(14)13-15-3-5-17(25)6-4-15/h3-12H,13H2,1-2H3. The van der Waals surface area contributed by atoms with Gasteiger partial charge in [-0.3, -0.25) is 4.79 Å². The molecule has 5 rings (SSSR count). The minimum Gasteiger partial charge on any atom is -0.497 e. The maximum absolute atomic E-state index is 13.5. The maximum atomic E-state index is 13.5. The lowest BCUT2D eigenvalue weighted by Crippen LogP contribution is -2.06. The van der Waals surface area contributed by atoms with Crippen molar-refractivity contribution in [3.63, 3.8) is 0 Å². The highest BCUT2D eigenvalue weighted by Crippen LogP contribution is 2.32. The number of halogens is 1. The van der Waals surface area contributed by atoms with Crippen molar-refractivity contribution in [1.82, 2.24) is 24.9 Å². The second-order valence-electron chi connectivity index (χ2n) is 7.44. The fourth-order valence-electron chi connectivity index (χ4n) is 3.81. The quantitative estimate of drug-likeness (QED) is 0.338. The highest BCUT2D eigenvalue weighted by Gasteiger charge is 2.26. The van der Waals surface area contributed by atoms with Crippen molar-refractivity contribution >= 4 is 28.3 Å². The predicted molar refractivity (Wildman–Crippen MR) is 123 cm³/mol. The molecular weight excluding hydrogens is 442 g/mol. The fraction of sp³-hybridized carbons (Fsp3) is 0.125. The van der Waals surface area contributed by atoms with Crippen LogP contribution >= 0.6 is 11.6 Å². The Kier molecular flexibility index (Phi) is 5.35. The van der Waals surface area contributed by atoms with Crippen molar-refractivity contribution in [2.45, 2.75) is 13.5 Å². The van der Waals surface area contributed by atoms with Gasteiger partial charge in [-0.1, -0.05) is 28.9 Å². The molecule has 33 heavy (non-hydrogen) atoms. The second-order valence-corrected chi connectivity index (χ2v) is 7.88. The van der Waals surface area contributed by atoms with Crippen molar-refractivity contribution in [3.05, 3.63) is 88.7 Å². The van der Waals surface area contributed by atoms with Crippen LogP contribution in [-0.2, 0) is 6.54 Å². The molecule has 3 heterocycles. The van der Waals surface area contributed by atoms with Crippen molar-refractivity contribution in [2.75, 3.05) is 7.11 Å². The van der Waals surface area contributed by atoms with Crippen molar-refractivity contribution in [1.29, 1.82) is 0 Å². The lowest BCUT2D eigenvalue weighted by Gasteiger charge is -2.09. The summed E-state index contributed by atoms with van der Waals surface area (Å²) in [6, 6.07) is 15.0. The number of fused-ring (bicyclic) bond motifs is 1. The number of ketones is 1. The zero-order valence-electron chi connectivity index (χ0n) is 17.8. The van der Waals surface area contributed by atoms with Gasteiger partial charge in [0.15, 0.2) is 0 Å².